The average Bonchev–Trinajstić information content (AvgIpc) is 3.10. The minimum Gasteiger partial charge on any atom is -0.497 e. The minimum atomic E-state index is -3.75. The Kier molecular flexibility index (Phi) is 7.89. The molecule has 1 aromatic heterocycles. The van der Waals surface area contributed by atoms with Crippen LogP contribution in [-0.4, -0.2) is 57.3 Å². The predicted octanol–water partition coefficient (Wildman–Crippen LogP) is 2.46. The number of hydrogen-bond donors (Lipinski definition) is 1. The van der Waals surface area contributed by atoms with Crippen molar-refractivity contribution >= 4 is 49.8 Å². The van der Waals surface area contributed by atoms with Gasteiger partial charge in [0.2, 0.25) is 21.1 Å². The molecule has 0 saturated carbocycles. The second-order valence-electron chi connectivity index (χ2n) is 5.58. The first kappa shape index (κ1) is 22.2. The Hall–Kier alpha value is -2.05. The van der Waals surface area contributed by atoms with Gasteiger partial charge >= 0.3 is 0 Å². The van der Waals surface area contributed by atoms with Crippen LogP contribution >= 0.6 is 23.1 Å². The van der Waals surface area contributed by atoms with E-state index in [1.165, 1.54) is 31.6 Å². The third-order valence-corrected chi connectivity index (χ3v) is 6.73. The molecule has 2 rings (SSSR count). The zero-order chi connectivity index (χ0) is 20.7. The van der Waals surface area contributed by atoms with Gasteiger partial charge in [0.25, 0.3) is 0 Å². The summed E-state index contributed by atoms with van der Waals surface area (Å²) in [6, 6.07) is 4.67. The number of carbonyl (C=O) groups is 1. The summed E-state index contributed by atoms with van der Waals surface area (Å²) in [4.78, 5) is 12.4. The molecular formula is C16H22N4O5S3. The van der Waals surface area contributed by atoms with Gasteiger partial charge in [0.05, 0.1) is 26.2 Å². The molecule has 1 N–H and O–H groups in total. The molecule has 0 bridgehead atoms. The van der Waals surface area contributed by atoms with E-state index in [1.807, 2.05) is 0 Å². The molecule has 0 unspecified atom stereocenters. The summed E-state index contributed by atoms with van der Waals surface area (Å²) in [6.45, 7) is 1.63. The fourth-order valence-electron chi connectivity index (χ4n) is 2.17. The number of benzene rings is 1. The lowest BCUT2D eigenvalue weighted by Gasteiger charge is -2.23. The summed E-state index contributed by atoms with van der Waals surface area (Å²) in [5.74, 6) is 1.14. The average molecular weight is 447 g/mol. The topological polar surface area (TPSA) is 111 Å². The fourth-order valence-corrected chi connectivity index (χ4v) is 4.72. The number of nitrogens with one attached hydrogen (secondary N) is 1. The van der Waals surface area contributed by atoms with Crippen molar-refractivity contribution in [3.8, 4) is 11.5 Å². The molecule has 1 heterocycles. The monoisotopic (exact) mass is 446 g/mol. The lowest BCUT2D eigenvalue weighted by Crippen LogP contribution is -2.37. The zero-order valence-corrected chi connectivity index (χ0v) is 18.4. The maximum atomic E-state index is 12.4. The minimum absolute atomic E-state index is 0.234. The summed E-state index contributed by atoms with van der Waals surface area (Å²) < 4.78 is 36.7. The Morgan fingerprint density at radius 2 is 2.04 bits per heavy atom. The smallest absolute Gasteiger partial charge is 0.246 e. The Balaban J connectivity index is 2.19. The van der Waals surface area contributed by atoms with E-state index in [0.29, 0.717) is 10.9 Å². The number of aromatic nitrogens is 2. The van der Waals surface area contributed by atoms with Crippen molar-refractivity contribution in [2.24, 2.45) is 0 Å². The molecule has 0 fully saturated rings. The largest absolute Gasteiger partial charge is 0.497 e. The molecule has 0 saturated heterocycles. The SMILES string of the molecule is CCCSc1nnc(NC(=O)CN(c2ccc(OC)cc2OC)S(C)(=O)=O)s1. The summed E-state index contributed by atoms with van der Waals surface area (Å²) in [7, 11) is -0.846. The maximum Gasteiger partial charge on any atom is 0.246 e. The van der Waals surface area contributed by atoms with Crippen molar-refractivity contribution in [2.75, 3.05) is 42.4 Å². The highest BCUT2D eigenvalue weighted by Crippen LogP contribution is 2.33. The Morgan fingerprint density at radius 1 is 1.29 bits per heavy atom. The third-order valence-electron chi connectivity index (χ3n) is 3.43. The van der Waals surface area contributed by atoms with Crippen LogP contribution in [0.15, 0.2) is 22.5 Å². The van der Waals surface area contributed by atoms with Gasteiger partial charge in [0.1, 0.15) is 18.0 Å². The first-order chi connectivity index (χ1) is 13.3. The van der Waals surface area contributed by atoms with E-state index < -0.39 is 22.5 Å². The van der Waals surface area contributed by atoms with Gasteiger partial charge in [-0.25, -0.2) is 8.42 Å². The molecule has 1 amide bonds. The molecule has 0 atom stereocenters. The van der Waals surface area contributed by atoms with Gasteiger partial charge in [-0.15, -0.1) is 10.2 Å². The number of methoxy groups -OCH3 is 2. The molecule has 2 aromatic rings. The van der Waals surface area contributed by atoms with Gasteiger partial charge in [-0.1, -0.05) is 30.0 Å². The molecule has 12 heteroatoms. The van der Waals surface area contributed by atoms with Crippen LogP contribution in [0.1, 0.15) is 13.3 Å². The molecule has 0 aliphatic carbocycles. The van der Waals surface area contributed by atoms with E-state index in [1.54, 1.807) is 23.9 Å². The quantitative estimate of drug-likeness (QED) is 0.438. The van der Waals surface area contributed by atoms with Gasteiger partial charge in [-0.05, 0) is 18.6 Å². The van der Waals surface area contributed by atoms with E-state index >= 15 is 0 Å². The molecule has 0 spiro atoms. The molecule has 0 radical (unpaired) electrons. The number of carbonyl (C=O) groups excluding carboxylic acids is 1. The van der Waals surface area contributed by atoms with Crippen LogP contribution in [0.2, 0.25) is 0 Å². The van der Waals surface area contributed by atoms with Gasteiger partial charge < -0.3 is 9.47 Å². The zero-order valence-electron chi connectivity index (χ0n) is 16.0. The highest BCUT2D eigenvalue weighted by atomic mass is 32.2. The maximum absolute atomic E-state index is 12.4. The van der Waals surface area contributed by atoms with Crippen LogP contribution < -0.4 is 19.1 Å². The Labute approximate surface area is 172 Å². The predicted molar refractivity (Wildman–Crippen MR) is 111 cm³/mol. The third kappa shape index (κ3) is 5.97. The fraction of sp³-hybridized carbons (Fsp3) is 0.438. The first-order valence-corrected chi connectivity index (χ1v) is 11.9. The summed E-state index contributed by atoms with van der Waals surface area (Å²) >= 11 is 2.79. The van der Waals surface area contributed by atoms with Crippen LogP contribution in [0.3, 0.4) is 0 Å². The van der Waals surface area contributed by atoms with Crippen molar-refractivity contribution in [2.45, 2.75) is 17.7 Å². The molecule has 1 aromatic carbocycles. The normalized spacial score (nSPS) is 11.1. The highest BCUT2D eigenvalue weighted by Gasteiger charge is 2.25. The van der Waals surface area contributed by atoms with E-state index in [0.717, 1.165) is 27.1 Å². The van der Waals surface area contributed by atoms with Crippen molar-refractivity contribution < 1.29 is 22.7 Å². The van der Waals surface area contributed by atoms with E-state index in [-0.39, 0.29) is 11.4 Å². The molecule has 0 aliphatic rings. The number of nitrogens with zero attached hydrogens (tertiary/aromatic N) is 3. The van der Waals surface area contributed by atoms with Gasteiger partial charge in [-0.2, -0.15) is 0 Å². The summed E-state index contributed by atoms with van der Waals surface area (Å²) in [5.41, 5.74) is 0.234. The lowest BCUT2D eigenvalue weighted by molar-refractivity contribution is -0.114. The second-order valence-corrected chi connectivity index (χ2v) is 9.80. The van der Waals surface area contributed by atoms with Crippen molar-refractivity contribution in [3.05, 3.63) is 18.2 Å². The number of ether oxygens (including phenoxy) is 2. The number of hydrogen-bond acceptors (Lipinski definition) is 9. The Bertz CT molecular complexity index is 917. The molecule has 9 nitrogen and oxygen atoms in total. The van der Waals surface area contributed by atoms with Crippen molar-refractivity contribution in [3.63, 3.8) is 0 Å². The molecular weight excluding hydrogens is 424 g/mol. The summed E-state index contributed by atoms with van der Waals surface area (Å²) in [6.07, 6.45) is 2.02. The lowest BCUT2D eigenvalue weighted by atomic mass is 10.2. The van der Waals surface area contributed by atoms with Crippen LogP contribution in [0.5, 0.6) is 11.5 Å². The van der Waals surface area contributed by atoms with Crippen LogP contribution in [-0.2, 0) is 14.8 Å². The first-order valence-electron chi connectivity index (χ1n) is 8.24. The molecule has 0 aliphatic heterocycles. The van der Waals surface area contributed by atoms with Crippen molar-refractivity contribution in [1.29, 1.82) is 0 Å². The number of anilines is 2. The van der Waals surface area contributed by atoms with Gasteiger partial charge in [-0.3, -0.25) is 14.4 Å². The Morgan fingerprint density at radius 3 is 2.64 bits per heavy atom. The number of thioether (sulfide) groups is 1. The number of amides is 1. The van der Waals surface area contributed by atoms with E-state index in [2.05, 4.69) is 22.4 Å². The summed E-state index contributed by atoms with van der Waals surface area (Å²) in [5, 5.41) is 10.8. The van der Waals surface area contributed by atoms with Crippen LogP contribution in [0.25, 0.3) is 0 Å². The van der Waals surface area contributed by atoms with Crippen molar-refractivity contribution in [1.82, 2.24) is 10.2 Å². The van der Waals surface area contributed by atoms with Crippen LogP contribution in [0.4, 0.5) is 10.8 Å². The van der Waals surface area contributed by atoms with E-state index in [4.69, 9.17) is 9.47 Å². The standard InChI is InChI=1S/C16H22N4O5S3/c1-5-8-26-16-19-18-15(27-16)17-14(21)10-20(28(4,22)23)12-7-6-11(24-2)9-13(12)25-3/h6-7,9H,5,8,10H2,1-4H3,(H,17,18,21). The highest BCUT2D eigenvalue weighted by molar-refractivity contribution is 8.01. The second kappa shape index (κ2) is 9.94. The molecule has 28 heavy (non-hydrogen) atoms. The molecule has 154 valence electrons. The van der Waals surface area contributed by atoms with E-state index in [9.17, 15) is 13.2 Å². The number of sulfonamides is 1. The number of rotatable bonds is 10. The van der Waals surface area contributed by atoms with Crippen LogP contribution in [0, 0.1) is 0 Å². The van der Waals surface area contributed by atoms with Gasteiger partial charge in [0.15, 0.2) is 4.34 Å². The van der Waals surface area contributed by atoms with Gasteiger partial charge in [0, 0.05) is 11.8 Å².